The Morgan fingerprint density at radius 3 is 2.70 bits per heavy atom. The van der Waals surface area contributed by atoms with E-state index in [-0.39, 0.29) is 11.3 Å². The van der Waals surface area contributed by atoms with Gasteiger partial charge >= 0.3 is 0 Å². The Hall–Kier alpha value is -2.13. The maximum atomic E-state index is 12.3. The van der Waals surface area contributed by atoms with E-state index in [2.05, 4.69) is 33.0 Å². The van der Waals surface area contributed by atoms with E-state index in [9.17, 15) is 4.79 Å². The van der Waals surface area contributed by atoms with Gasteiger partial charge in [0, 0.05) is 44.4 Å². The second kappa shape index (κ2) is 9.18. The van der Waals surface area contributed by atoms with Gasteiger partial charge in [0.05, 0.1) is 7.11 Å². The minimum absolute atomic E-state index is 0.0389. The average molecular weight is 391 g/mol. The van der Waals surface area contributed by atoms with Crippen molar-refractivity contribution in [1.82, 2.24) is 25.5 Å². The Morgan fingerprint density at radius 2 is 2.07 bits per heavy atom. The van der Waals surface area contributed by atoms with Crippen molar-refractivity contribution in [3.05, 3.63) is 29.8 Å². The molecule has 2 heterocycles. The molecule has 1 aromatic heterocycles. The molecule has 0 spiro atoms. The van der Waals surface area contributed by atoms with E-state index in [0.29, 0.717) is 37.1 Å². The lowest BCUT2D eigenvalue weighted by Crippen LogP contribution is -2.44. The van der Waals surface area contributed by atoms with Crippen LogP contribution in [0.15, 0.2) is 29.4 Å². The fourth-order valence-electron chi connectivity index (χ4n) is 3.21. The third-order valence-electron chi connectivity index (χ3n) is 4.92. The van der Waals surface area contributed by atoms with Gasteiger partial charge < -0.3 is 14.8 Å². The van der Waals surface area contributed by atoms with E-state index in [1.54, 1.807) is 18.8 Å². The molecule has 1 aliphatic heterocycles. The summed E-state index contributed by atoms with van der Waals surface area (Å²) in [6, 6.07) is 8.13. The highest BCUT2D eigenvalue weighted by Gasteiger charge is 2.34. The number of thioether (sulfide) groups is 1. The first-order chi connectivity index (χ1) is 13.1. The van der Waals surface area contributed by atoms with Crippen LogP contribution < -0.4 is 10.1 Å². The van der Waals surface area contributed by atoms with Gasteiger partial charge in [-0.3, -0.25) is 4.79 Å². The highest BCUT2D eigenvalue weighted by molar-refractivity contribution is 7.99. The number of methoxy groups -OCH3 is 1. The van der Waals surface area contributed by atoms with Crippen molar-refractivity contribution in [3.8, 4) is 5.75 Å². The zero-order valence-electron chi connectivity index (χ0n) is 15.7. The van der Waals surface area contributed by atoms with Gasteiger partial charge in [0.15, 0.2) is 0 Å². The van der Waals surface area contributed by atoms with Crippen LogP contribution in [0.5, 0.6) is 5.75 Å². The molecule has 1 N–H and O–H groups in total. The molecule has 27 heavy (non-hydrogen) atoms. The van der Waals surface area contributed by atoms with Crippen molar-refractivity contribution in [3.63, 3.8) is 0 Å². The highest BCUT2D eigenvalue weighted by Crippen LogP contribution is 2.35. The lowest BCUT2D eigenvalue weighted by Gasteiger charge is -2.38. The Kier molecular flexibility index (Phi) is 6.68. The zero-order chi connectivity index (χ0) is 19.1. The van der Waals surface area contributed by atoms with E-state index in [1.807, 2.05) is 12.1 Å². The molecule has 3 rings (SSSR count). The number of aryl methyl sites for hydroxylation is 1. The number of nitrogens with zero attached hydrogens (tertiary/aromatic N) is 4. The Balaban J connectivity index is 1.56. The van der Waals surface area contributed by atoms with Gasteiger partial charge in [-0.25, -0.2) is 4.68 Å². The Morgan fingerprint density at radius 1 is 1.33 bits per heavy atom. The number of rotatable bonds is 8. The van der Waals surface area contributed by atoms with Gasteiger partial charge in [-0.1, -0.05) is 23.9 Å². The van der Waals surface area contributed by atoms with Crippen LogP contribution in [0.4, 0.5) is 0 Å². The number of tetrazole rings is 1. The molecule has 0 aliphatic carbocycles. The lowest BCUT2D eigenvalue weighted by molar-refractivity contribution is -0.121. The fourth-order valence-corrected chi connectivity index (χ4v) is 4.00. The van der Waals surface area contributed by atoms with Gasteiger partial charge in [0.1, 0.15) is 5.75 Å². The standard InChI is InChI=1S/C18H25N5O3S/c1-23-17(20-21-22-23)27-12-7-16(24)19-13-18(8-10-26-11-9-18)14-3-5-15(25-2)6-4-14/h3-6H,7-13H2,1-2H3,(H,19,24). The summed E-state index contributed by atoms with van der Waals surface area (Å²) in [5.41, 5.74) is 1.12. The molecule has 0 atom stereocenters. The van der Waals surface area contributed by atoms with Crippen LogP contribution in [-0.2, 0) is 22.0 Å². The van der Waals surface area contributed by atoms with Crippen molar-refractivity contribution in [1.29, 1.82) is 0 Å². The van der Waals surface area contributed by atoms with Crippen LogP contribution in [-0.4, -0.2) is 58.7 Å². The lowest BCUT2D eigenvalue weighted by atomic mass is 9.74. The van der Waals surface area contributed by atoms with E-state index in [1.165, 1.54) is 17.3 Å². The average Bonchev–Trinajstić information content (AvgIpc) is 3.12. The summed E-state index contributed by atoms with van der Waals surface area (Å²) in [7, 11) is 3.45. The van der Waals surface area contributed by atoms with Crippen LogP contribution >= 0.6 is 11.8 Å². The number of ether oxygens (including phenoxy) is 2. The molecule has 1 saturated heterocycles. The maximum absolute atomic E-state index is 12.3. The van der Waals surface area contributed by atoms with Gasteiger partial charge in [0.2, 0.25) is 11.1 Å². The normalized spacial score (nSPS) is 16.1. The summed E-state index contributed by atoms with van der Waals surface area (Å²) in [5.74, 6) is 1.51. The first kappa shape index (κ1) is 19.6. The van der Waals surface area contributed by atoms with Gasteiger partial charge in [-0.2, -0.15) is 0 Å². The Labute approximate surface area is 163 Å². The molecular formula is C18H25N5O3S. The molecule has 0 radical (unpaired) electrons. The molecule has 146 valence electrons. The van der Waals surface area contributed by atoms with Gasteiger partial charge in [-0.15, -0.1) is 5.10 Å². The first-order valence-electron chi connectivity index (χ1n) is 8.97. The third-order valence-corrected chi connectivity index (χ3v) is 5.93. The van der Waals surface area contributed by atoms with Crippen LogP contribution in [0.2, 0.25) is 0 Å². The van der Waals surface area contributed by atoms with Crippen LogP contribution in [0.25, 0.3) is 0 Å². The van der Waals surface area contributed by atoms with Gasteiger partial charge in [-0.05, 0) is 41.0 Å². The molecular weight excluding hydrogens is 366 g/mol. The highest BCUT2D eigenvalue weighted by atomic mass is 32.2. The zero-order valence-corrected chi connectivity index (χ0v) is 16.5. The SMILES string of the molecule is COc1ccc(C2(CNC(=O)CCSc3nnnn3C)CCOCC2)cc1. The largest absolute Gasteiger partial charge is 0.497 e. The Bertz CT molecular complexity index is 744. The summed E-state index contributed by atoms with van der Waals surface area (Å²) in [4.78, 5) is 12.3. The smallest absolute Gasteiger partial charge is 0.220 e. The van der Waals surface area contributed by atoms with Crippen molar-refractivity contribution >= 4 is 17.7 Å². The fraction of sp³-hybridized carbons (Fsp3) is 0.556. The number of aromatic nitrogens is 4. The molecule has 0 bridgehead atoms. The van der Waals surface area contributed by atoms with Crippen molar-refractivity contribution in [2.75, 3.05) is 32.6 Å². The van der Waals surface area contributed by atoms with Gasteiger partial charge in [0.25, 0.3) is 0 Å². The maximum Gasteiger partial charge on any atom is 0.220 e. The number of carbonyl (C=O) groups excluding carboxylic acids is 1. The minimum atomic E-state index is -0.0964. The number of hydrogen-bond donors (Lipinski definition) is 1. The molecule has 2 aromatic rings. The quantitative estimate of drug-likeness (QED) is 0.683. The number of hydrogen-bond acceptors (Lipinski definition) is 7. The summed E-state index contributed by atoms with van der Waals surface area (Å²) >= 11 is 1.48. The molecule has 0 saturated carbocycles. The van der Waals surface area contributed by atoms with E-state index < -0.39 is 0 Å². The summed E-state index contributed by atoms with van der Waals surface area (Å²) in [6.45, 7) is 2.02. The number of benzene rings is 1. The molecule has 9 heteroatoms. The predicted octanol–water partition coefficient (Wildman–Crippen LogP) is 1.57. The van der Waals surface area contributed by atoms with Crippen molar-refractivity contribution in [2.45, 2.75) is 29.8 Å². The van der Waals surface area contributed by atoms with Crippen LogP contribution in [0.1, 0.15) is 24.8 Å². The van der Waals surface area contributed by atoms with Crippen molar-refractivity contribution in [2.24, 2.45) is 7.05 Å². The summed E-state index contributed by atoms with van der Waals surface area (Å²) in [6.07, 6.45) is 2.20. The predicted molar refractivity (Wildman–Crippen MR) is 102 cm³/mol. The van der Waals surface area contributed by atoms with E-state index in [4.69, 9.17) is 9.47 Å². The molecule has 1 aromatic carbocycles. The molecule has 8 nitrogen and oxygen atoms in total. The summed E-state index contributed by atoms with van der Waals surface area (Å²) in [5, 5.41) is 15.1. The van der Waals surface area contributed by atoms with Crippen LogP contribution in [0, 0.1) is 0 Å². The topological polar surface area (TPSA) is 91.2 Å². The third kappa shape index (κ3) is 4.98. The van der Waals surface area contributed by atoms with Crippen LogP contribution in [0.3, 0.4) is 0 Å². The number of nitrogens with one attached hydrogen (secondary N) is 1. The second-order valence-corrected chi connectivity index (χ2v) is 7.64. The molecule has 1 amide bonds. The molecule has 1 fully saturated rings. The second-order valence-electron chi connectivity index (χ2n) is 6.58. The van der Waals surface area contributed by atoms with E-state index in [0.717, 1.165) is 18.6 Å². The first-order valence-corrected chi connectivity index (χ1v) is 9.96. The van der Waals surface area contributed by atoms with E-state index >= 15 is 0 Å². The van der Waals surface area contributed by atoms with Crippen molar-refractivity contribution < 1.29 is 14.3 Å². The number of carbonyl (C=O) groups is 1. The minimum Gasteiger partial charge on any atom is -0.497 e. The molecule has 1 aliphatic rings. The number of amides is 1. The monoisotopic (exact) mass is 391 g/mol. The molecule has 0 unspecified atom stereocenters. The summed E-state index contributed by atoms with van der Waals surface area (Å²) < 4.78 is 12.4.